The van der Waals surface area contributed by atoms with Gasteiger partial charge < -0.3 is 69.6 Å². The number of nitrogens with one attached hydrogen (secondary N) is 3. The summed E-state index contributed by atoms with van der Waals surface area (Å²) in [4.78, 5) is 36.3. The molecule has 3 heterocycles. The van der Waals surface area contributed by atoms with Crippen molar-refractivity contribution in [3.63, 3.8) is 0 Å². The van der Waals surface area contributed by atoms with Gasteiger partial charge in [0, 0.05) is 0 Å². The fourth-order valence-electron chi connectivity index (χ4n) is 2.32. The fraction of sp³-hybridized carbons (Fsp3) is 0.400. The minimum atomic E-state index is -4.67. The summed E-state index contributed by atoms with van der Waals surface area (Å²) in [7, 11) is -4.67. The zero-order valence-electron chi connectivity index (χ0n) is 13.4. The summed E-state index contributed by atoms with van der Waals surface area (Å²) in [6.07, 6.45) is -1.70. The van der Waals surface area contributed by atoms with Crippen LogP contribution in [0, 0.1) is 0 Å². The molecule has 1 aromatic rings. The van der Waals surface area contributed by atoms with E-state index >= 15 is 0 Å². The van der Waals surface area contributed by atoms with Gasteiger partial charge in [-0.2, -0.15) is 14.8 Å². The zero-order chi connectivity index (χ0) is 20.4. The average Bonchev–Trinajstić information content (AvgIpc) is 2.55. The van der Waals surface area contributed by atoms with Gasteiger partial charge in [-0.15, -0.1) is 0 Å². The third-order valence-corrected chi connectivity index (χ3v) is 4.91. The molecule has 1 aromatic heterocycles. The predicted octanol–water partition coefficient (Wildman–Crippen LogP) is -1.81. The van der Waals surface area contributed by atoms with E-state index in [1.807, 2.05) is 0 Å². The number of nitrogens with two attached hydrogens (primary N) is 1. The minimum Gasteiger partial charge on any atom is -0.813 e. The van der Waals surface area contributed by atoms with Gasteiger partial charge in [0.25, 0.3) is 5.56 Å². The number of hydrogen-bond donors (Lipinski definition) is 6. The second kappa shape index (κ2) is 10.3. The van der Waals surface area contributed by atoms with Gasteiger partial charge in [0.15, 0.2) is 12.0 Å². The van der Waals surface area contributed by atoms with Crippen molar-refractivity contribution in [3.8, 4) is 0 Å². The molecule has 3 unspecified atom stereocenters. The number of aromatic nitrogens is 2. The number of H-pyrrole nitrogens is 1. The average molecular weight is 554 g/mol. The molecule has 0 saturated heterocycles. The van der Waals surface area contributed by atoms with E-state index in [1.54, 1.807) is 0 Å². The molecule has 3 atom stereocenters. The van der Waals surface area contributed by atoms with Crippen LogP contribution >= 0.6 is 7.82 Å². The van der Waals surface area contributed by atoms with Crippen LogP contribution in [0.3, 0.4) is 0 Å². The second-order valence-corrected chi connectivity index (χ2v) is 7.52. The van der Waals surface area contributed by atoms with Crippen molar-refractivity contribution < 1.29 is 48.9 Å². The molecule has 2 aliphatic heterocycles. The Morgan fingerprint density at radius 1 is 1.29 bits per heavy atom. The van der Waals surface area contributed by atoms with E-state index in [2.05, 4.69) is 25.1 Å². The minimum absolute atomic E-state index is 0. The van der Waals surface area contributed by atoms with Gasteiger partial charge in [0.2, 0.25) is 5.95 Å². The molecular weight excluding hydrogens is 541 g/mol. The Labute approximate surface area is 183 Å². The Morgan fingerprint density at radius 3 is 2.46 bits per heavy atom. The van der Waals surface area contributed by atoms with Crippen LogP contribution in [0.5, 0.6) is 0 Å². The summed E-state index contributed by atoms with van der Waals surface area (Å²) in [6.45, 7) is -0.466. The third-order valence-electron chi connectivity index (χ3n) is 3.34. The summed E-state index contributed by atoms with van der Waals surface area (Å²) in [5.74, 6) is 0.0876. The van der Waals surface area contributed by atoms with E-state index in [9.17, 15) is 9.36 Å². The molecule has 0 amide bonds. The number of aromatic amines is 1. The number of rotatable bonds is 3. The normalized spacial score (nSPS) is 22.9. The van der Waals surface area contributed by atoms with Crippen molar-refractivity contribution in [3.05, 3.63) is 20.2 Å². The van der Waals surface area contributed by atoms with E-state index in [1.165, 1.54) is 0 Å². The first-order valence-electron chi connectivity index (χ1n) is 6.85. The Kier molecular flexibility index (Phi) is 9.25. The van der Waals surface area contributed by atoms with E-state index in [0.717, 1.165) is 0 Å². The van der Waals surface area contributed by atoms with Gasteiger partial charge in [-0.3, -0.25) is 14.3 Å². The first-order chi connectivity index (χ1) is 12.6. The summed E-state index contributed by atoms with van der Waals surface area (Å²) >= 11 is 8.42. The van der Waals surface area contributed by atoms with E-state index < -0.39 is 56.9 Å². The first-order valence-corrected chi connectivity index (χ1v) is 10.8. The van der Waals surface area contributed by atoms with Crippen molar-refractivity contribution >= 4 is 64.0 Å². The molecular formula is C10H13MoN5O8PS3-3. The Morgan fingerprint density at radius 2 is 1.89 bits per heavy atom. The molecule has 0 fully saturated rings. The van der Waals surface area contributed by atoms with Crippen LogP contribution < -0.4 is 21.9 Å². The molecule has 7 N–H and O–H groups in total. The summed E-state index contributed by atoms with van der Waals surface area (Å²) in [5, 5.41) is 5.76. The van der Waals surface area contributed by atoms with Crippen LogP contribution in [0.15, 0.2) is 14.6 Å². The second-order valence-electron chi connectivity index (χ2n) is 5.07. The van der Waals surface area contributed by atoms with Crippen molar-refractivity contribution in [2.75, 3.05) is 23.0 Å². The molecule has 18 heteroatoms. The van der Waals surface area contributed by atoms with Gasteiger partial charge in [0.05, 0.1) is 18.8 Å². The molecule has 0 aliphatic carbocycles. The summed E-state index contributed by atoms with van der Waals surface area (Å²) in [5.41, 5.74) is 5.15. The van der Waals surface area contributed by atoms with E-state index in [0.29, 0.717) is 0 Å². The van der Waals surface area contributed by atoms with E-state index in [-0.39, 0.29) is 40.8 Å². The number of fused-ring (bicyclic) bond motifs is 2. The summed E-state index contributed by atoms with van der Waals surface area (Å²) in [6, 6.07) is -0.627. The molecule has 0 saturated carbocycles. The molecule has 3 rings (SSSR count). The molecule has 0 aromatic carbocycles. The van der Waals surface area contributed by atoms with Crippen molar-refractivity contribution in [2.24, 2.45) is 0 Å². The van der Waals surface area contributed by atoms with Gasteiger partial charge in [-0.05, 0) is 0 Å². The standard InChI is InChI=1S/C10H14N5O6PS2.Mo.2O.H2S/c11-10-14-7-4(8(16)15-10)12-3-6(24)5(23)2(21-9(3)13-7)1-20-22(17,18)19;;;;/h2-3,9,12,23-24H,1H2,(H2,17,18,19)(H4,11,13,14,15,16);;;;1H2/p-3. The molecule has 0 spiro atoms. The molecule has 13 nitrogen and oxygen atoms in total. The molecule has 0 bridgehead atoms. The van der Waals surface area contributed by atoms with Crippen LogP contribution in [0.2, 0.25) is 0 Å². The van der Waals surface area contributed by atoms with Crippen LogP contribution in [-0.2, 0) is 77.9 Å². The van der Waals surface area contributed by atoms with Gasteiger partial charge in [0.1, 0.15) is 5.69 Å². The monoisotopic (exact) mass is 556 g/mol. The van der Waals surface area contributed by atoms with Crippen LogP contribution in [0.1, 0.15) is 0 Å². The maximum absolute atomic E-state index is 11.9. The first kappa shape index (κ1) is 25.2. The van der Waals surface area contributed by atoms with Crippen molar-refractivity contribution in [1.29, 1.82) is 0 Å². The van der Waals surface area contributed by atoms with Crippen LogP contribution in [0.25, 0.3) is 0 Å². The SMILES string of the molecule is Nc1nc2c(c(=O)[nH]1)NC1C([S-])=C([S-])C(COP(=O)(O)O)OC1N2.[O]=[Mo]=[O].[SH-]. The predicted molar refractivity (Wildman–Crippen MR) is 98.8 cm³/mol. The molecule has 2 aliphatic rings. The maximum Gasteiger partial charge on any atom is -0.813 e. The smallest absolute Gasteiger partial charge is 0.813 e. The topological polar surface area (TPSA) is 206 Å². The fourth-order valence-corrected chi connectivity index (χ4v) is 3.22. The number of ether oxygens (including phenoxy) is 1. The number of nitrogen functional groups attached to an aromatic ring is 1. The number of phosphoric acid groups is 1. The largest absolute Gasteiger partial charge is 0.813 e. The zero-order valence-corrected chi connectivity index (χ0v) is 18.9. The Bertz CT molecular complexity index is 904. The Balaban J connectivity index is 0.000000921. The van der Waals surface area contributed by atoms with Crippen molar-refractivity contribution in [1.82, 2.24) is 9.97 Å². The number of anilines is 3. The third kappa shape index (κ3) is 6.08. The molecule has 0 radical (unpaired) electrons. The van der Waals surface area contributed by atoms with Gasteiger partial charge >= 0.3 is 33.1 Å². The van der Waals surface area contributed by atoms with Crippen LogP contribution in [-0.4, -0.2) is 44.7 Å². The number of hydrogen-bond acceptors (Lipinski definition) is 13. The molecule has 158 valence electrons. The van der Waals surface area contributed by atoms with Crippen LogP contribution in [0.4, 0.5) is 17.5 Å². The van der Waals surface area contributed by atoms with E-state index in [4.69, 9.17) is 52.3 Å². The number of phosphoric ester groups is 1. The van der Waals surface area contributed by atoms with Crippen molar-refractivity contribution in [2.45, 2.75) is 18.4 Å². The maximum atomic E-state index is 11.9. The number of nitrogens with zero attached hydrogens (tertiary/aromatic N) is 1. The Hall–Kier alpha value is -0.832. The van der Waals surface area contributed by atoms with Gasteiger partial charge in [-0.1, -0.05) is 0 Å². The number of thiol groups is 1. The van der Waals surface area contributed by atoms with Gasteiger partial charge in [-0.25, -0.2) is 4.57 Å². The summed E-state index contributed by atoms with van der Waals surface area (Å²) < 4.78 is 37.9. The molecule has 28 heavy (non-hydrogen) atoms. The quantitative estimate of drug-likeness (QED) is 0.105.